The molecule has 0 radical (unpaired) electrons. The van der Waals surface area contributed by atoms with Crippen LogP contribution in [0.25, 0.3) is 0 Å². The van der Waals surface area contributed by atoms with E-state index in [9.17, 15) is 0 Å². The van der Waals surface area contributed by atoms with Gasteiger partial charge >= 0.3 is 0 Å². The number of hydrogen-bond donors (Lipinski definition) is 1. The van der Waals surface area contributed by atoms with E-state index in [4.69, 9.17) is 5.73 Å². The van der Waals surface area contributed by atoms with Crippen LogP contribution in [0.3, 0.4) is 0 Å². The predicted molar refractivity (Wildman–Crippen MR) is 73.1 cm³/mol. The number of unbranched alkanes of at least 4 members (excludes halogenated alkanes) is 1. The van der Waals surface area contributed by atoms with E-state index in [0.717, 1.165) is 12.5 Å². The Morgan fingerprint density at radius 1 is 0.882 bits per heavy atom. The van der Waals surface area contributed by atoms with Crippen LogP contribution in [0.5, 0.6) is 0 Å². The molecule has 1 aliphatic carbocycles. The van der Waals surface area contributed by atoms with Gasteiger partial charge in [-0.3, -0.25) is 0 Å². The van der Waals surface area contributed by atoms with Crippen molar-refractivity contribution in [1.29, 1.82) is 0 Å². The van der Waals surface area contributed by atoms with Crippen molar-refractivity contribution < 1.29 is 0 Å². The molecular weight excluding hydrogens is 210 g/mol. The molecule has 100 valence electrons. The van der Waals surface area contributed by atoms with E-state index in [-0.39, 0.29) is 0 Å². The molecule has 0 spiro atoms. The molecule has 1 saturated heterocycles. The lowest BCUT2D eigenvalue weighted by Gasteiger charge is -2.21. The lowest BCUT2D eigenvalue weighted by atomic mass is 10.2. The highest BCUT2D eigenvalue weighted by molar-refractivity contribution is 4.76. The molecule has 1 aliphatic heterocycles. The van der Waals surface area contributed by atoms with Crippen LogP contribution >= 0.6 is 0 Å². The van der Waals surface area contributed by atoms with Gasteiger partial charge in [0.1, 0.15) is 0 Å². The topological polar surface area (TPSA) is 32.5 Å². The lowest BCUT2D eigenvalue weighted by Crippen LogP contribution is -2.32. The summed E-state index contributed by atoms with van der Waals surface area (Å²) in [6, 6.07) is 0. The maximum absolute atomic E-state index is 5.54. The summed E-state index contributed by atoms with van der Waals surface area (Å²) in [5.74, 6) is 1.08. The van der Waals surface area contributed by atoms with E-state index in [1.54, 1.807) is 0 Å². The highest BCUT2D eigenvalue weighted by atomic mass is 15.2. The van der Waals surface area contributed by atoms with Crippen LogP contribution in [0.4, 0.5) is 0 Å². The first-order valence-electron chi connectivity index (χ1n) is 7.53. The molecule has 0 bridgehead atoms. The second-order valence-corrected chi connectivity index (χ2v) is 5.76. The van der Waals surface area contributed by atoms with Gasteiger partial charge in [0.05, 0.1) is 0 Å². The molecule has 2 N–H and O–H groups in total. The van der Waals surface area contributed by atoms with Crippen LogP contribution in [-0.2, 0) is 0 Å². The summed E-state index contributed by atoms with van der Waals surface area (Å²) in [4.78, 5) is 5.31. The maximum atomic E-state index is 5.54. The van der Waals surface area contributed by atoms with Crippen LogP contribution in [0.1, 0.15) is 38.5 Å². The largest absolute Gasteiger partial charge is 0.330 e. The van der Waals surface area contributed by atoms with Gasteiger partial charge in [-0.05, 0) is 64.3 Å². The lowest BCUT2D eigenvalue weighted by molar-refractivity contribution is 0.249. The van der Waals surface area contributed by atoms with E-state index in [2.05, 4.69) is 9.80 Å². The molecule has 0 aromatic heterocycles. The second kappa shape index (κ2) is 7.34. The molecule has 0 aromatic rings. The van der Waals surface area contributed by atoms with Crippen LogP contribution in [-0.4, -0.2) is 55.6 Å². The molecule has 1 heterocycles. The summed E-state index contributed by atoms with van der Waals surface area (Å²) in [5.41, 5.74) is 5.54. The van der Waals surface area contributed by atoms with Gasteiger partial charge in [-0.25, -0.2) is 0 Å². The average molecular weight is 239 g/mol. The summed E-state index contributed by atoms with van der Waals surface area (Å²) in [6.45, 7) is 8.63. The highest BCUT2D eigenvalue weighted by Crippen LogP contribution is 2.32. The predicted octanol–water partition coefficient (Wildman–Crippen LogP) is 1.53. The molecule has 0 amide bonds. The first kappa shape index (κ1) is 13.3. The van der Waals surface area contributed by atoms with Gasteiger partial charge in [0.2, 0.25) is 0 Å². The second-order valence-electron chi connectivity index (χ2n) is 5.76. The maximum Gasteiger partial charge on any atom is 0.0109 e. The summed E-state index contributed by atoms with van der Waals surface area (Å²) >= 11 is 0. The number of hydrogen-bond acceptors (Lipinski definition) is 3. The Kier molecular flexibility index (Phi) is 5.75. The molecule has 2 rings (SSSR count). The van der Waals surface area contributed by atoms with Gasteiger partial charge in [-0.15, -0.1) is 0 Å². The fourth-order valence-corrected chi connectivity index (χ4v) is 2.72. The molecule has 3 nitrogen and oxygen atoms in total. The quantitative estimate of drug-likeness (QED) is 0.684. The summed E-state index contributed by atoms with van der Waals surface area (Å²) in [6.07, 6.45) is 8.26. The van der Waals surface area contributed by atoms with E-state index in [1.807, 2.05) is 0 Å². The van der Waals surface area contributed by atoms with Gasteiger partial charge < -0.3 is 15.5 Å². The van der Waals surface area contributed by atoms with Crippen molar-refractivity contribution in [2.24, 2.45) is 11.7 Å². The third kappa shape index (κ3) is 5.36. The molecule has 3 heteroatoms. The van der Waals surface area contributed by atoms with E-state index in [1.165, 1.54) is 77.8 Å². The van der Waals surface area contributed by atoms with Gasteiger partial charge in [-0.1, -0.05) is 12.8 Å². The average Bonchev–Trinajstić information content (AvgIpc) is 3.14. The van der Waals surface area contributed by atoms with Crippen molar-refractivity contribution in [2.45, 2.75) is 38.5 Å². The molecule has 0 unspecified atom stereocenters. The van der Waals surface area contributed by atoms with E-state index in [0.29, 0.717) is 0 Å². The normalized spacial score (nSPS) is 23.8. The highest BCUT2D eigenvalue weighted by Gasteiger charge is 2.22. The SMILES string of the molecule is NCCCCN1CCCN(CCC2CC2)CC1. The minimum absolute atomic E-state index is 0.849. The fourth-order valence-electron chi connectivity index (χ4n) is 2.72. The molecular formula is C14H29N3. The van der Waals surface area contributed by atoms with Crippen LogP contribution in [0, 0.1) is 5.92 Å². The minimum atomic E-state index is 0.849. The Bertz CT molecular complexity index is 204. The van der Waals surface area contributed by atoms with Crippen molar-refractivity contribution in [2.75, 3.05) is 45.8 Å². The molecule has 0 atom stereocenters. The zero-order valence-electron chi connectivity index (χ0n) is 11.2. The number of nitrogens with two attached hydrogens (primary N) is 1. The van der Waals surface area contributed by atoms with Crippen LogP contribution in [0.15, 0.2) is 0 Å². The third-order valence-electron chi connectivity index (χ3n) is 4.16. The fraction of sp³-hybridized carbons (Fsp3) is 1.00. The molecule has 2 aliphatic rings. The van der Waals surface area contributed by atoms with Crippen LogP contribution in [0.2, 0.25) is 0 Å². The molecule has 17 heavy (non-hydrogen) atoms. The molecule has 2 fully saturated rings. The van der Waals surface area contributed by atoms with Crippen molar-refractivity contribution in [3.05, 3.63) is 0 Å². The first-order valence-corrected chi connectivity index (χ1v) is 7.53. The van der Waals surface area contributed by atoms with Crippen LogP contribution < -0.4 is 5.73 Å². The third-order valence-corrected chi connectivity index (χ3v) is 4.16. The van der Waals surface area contributed by atoms with Gasteiger partial charge in [0, 0.05) is 13.1 Å². The Balaban J connectivity index is 1.58. The van der Waals surface area contributed by atoms with Gasteiger partial charge in [0.25, 0.3) is 0 Å². The Morgan fingerprint density at radius 3 is 2.24 bits per heavy atom. The van der Waals surface area contributed by atoms with E-state index >= 15 is 0 Å². The summed E-state index contributed by atoms with van der Waals surface area (Å²) in [5, 5.41) is 0. The zero-order valence-corrected chi connectivity index (χ0v) is 11.2. The number of nitrogens with zero attached hydrogens (tertiary/aromatic N) is 2. The van der Waals surface area contributed by atoms with Crippen molar-refractivity contribution in [3.63, 3.8) is 0 Å². The van der Waals surface area contributed by atoms with Crippen molar-refractivity contribution in [1.82, 2.24) is 9.80 Å². The summed E-state index contributed by atoms with van der Waals surface area (Å²) in [7, 11) is 0. The number of rotatable bonds is 7. The Labute approximate surface area is 106 Å². The standard InChI is InChI=1S/C14H29N3/c15-7-1-2-8-16-9-3-10-17(13-12-16)11-6-14-4-5-14/h14H,1-13,15H2. The zero-order chi connectivity index (χ0) is 11.9. The van der Waals surface area contributed by atoms with E-state index < -0.39 is 0 Å². The monoisotopic (exact) mass is 239 g/mol. The summed E-state index contributed by atoms with van der Waals surface area (Å²) < 4.78 is 0. The minimum Gasteiger partial charge on any atom is -0.330 e. The van der Waals surface area contributed by atoms with Crippen molar-refractivity contribution >= 4 is 0 Å². The van der Waals surface area contributed by atoms with Gasteiger partial charge in [-0.2, -0.15) is 0 Å². The first-order chi connectivity index (χ1) is 8.38. The Hall–Kier alpha value is -0.120. The molecule has 0 aromatic carbocycles. The molecule has 1 saturated carbocycles. The van der Waals surface area contributed by atoms with Gasteiger partial charge in [0.15, 0.2) is 0 Å². The Morgan fingerprint density at radius 2 is 1.59 bits per heavy atom. The smallest absolute Gasteiger partial charge is 0.0109 e. The van der Waals surface area contributed by atoms with Crippen molar-refractivity contribution in [3.8, 4) is 0 Å².